The number of benzene rings is 1. The summed E-state index contributed by atoms with van der Waals surface area (Å²) in [5.74, 6) is 2.47. The van der Waals surface area contributed by atoms with E-state index in [-0.39, 0.29) is 24.0 Å². The third-order valence-electron chi connectivity index (χ3n) is 3.37. The van der Waals surface area contributed by atoms with Crippen LogP contribution in [0.2, 0.25) is 0 Å². The van der Waals surface area contributed by atoms with Crippen molar-refractivity contribution in [2.45, 2.75) is 19.9 Å². The molecule has 1 rings (SSSR count). The summed E-state index contributed by atoms with van der Waals surface area (Å²) in [6, 6.07) is 5.85. The van der Waals surface area contributed by atoms with Crippen LogP contribution in [0.5, 0.6) is 11.5 Å². The highest BCUT2D eigenvalue weighted by atomic mass is 127. The van der Waals surface area contributed by atoms with E-state index in [0.29, 0.717) is 6.54 Å². The van der Waals surface area contributed by atoms with Crippen LogP contribution in [-0.2, 0) is 11.3 Å². The number of nitrogens with zero attached hydrogens (tertiary/aromatic N) is 2. The average Bonchev–Trinajstić information content (AvgIpc) is 2.57. The molecular weight excluding hydrogens is 421 g/mol. The lowest BCUT2D eigenvalue weighted by atomic mass is 10.2. The van der Waals surface area contributed by atoms with Crippen LogP contribution in [0.1, 0.15) is 18.9 Å². The van der Waals surface area contributed by atoms with Crippen molar-refractivity contribution in [1.29, 1.82) is 0 Å². The lowest BCUT2D eigenvalue weighted by molar-refractivity contribution is 0.197. The number of hydrogen-bond acceptors (Lipinski definition) is 4. The summed E-state index contributed by atoms with van der Waals surface area (Å²) in [5, 5.41) is 3.31. The first kappa shape index (κ1) is 22.8. The number of guanidine groups is 1. The van der Waals surface area contributed by atoms with E-state index in [4.69, 9.17) is 14.2 Å². The molecule has 0 fully saturated rings. The van der Waals surface area contributed by atoms with Crippen molar-refractivity contribution in [3.8, 4) is 11.5 Å². The van der Waals surface area contributed by atoms with E-state index < -0.39 is 0 Å². The molecule has 0 radical (unpaired) electrons. The van der Waals surface area contributed by atoms with Gasteiger partial charge in [0.25, 0.3) is 0 Å². The second-order valence-corrected chi connectivity index (χ2v) is 5.12. The first-order valence-electron chi connectivity index (χ1n) is 7.85. The van der Waals surface area contributed by atoms with Gasteiger partial charge in [0.1, 0.15) is 11.5 Å². The first-order valence-corrected chi connectivity index (χ1v) is 7.85. The van der Waals surface area contributed by atoms with E-state index in [2.05, 4.69) is 22.1 Å². The van der Waals surface area contributed by atoms with Gasteiger partial charge in [-0.1, -0.05) is 0 Å². The standard InChI is InChI=1S/C17H29N3O3.HI/c1-6-18-17(19-10-7-11-21-3)20(2)13-14-8-9-15(22-4)12-16(14)23-5;/h8-9,12H,6-7,10-11,13H2,1-5H3,(H,18,19);1H. The summed E-state index contributed by atoms with van der Waals surface area (Å²) < 4.78 is 15.8. The second-order valence-electron chi connectivity index (χ2n) is 5.12. The lowest BCUT2D eigenvalue weighted by Crippen LogP contribution is -2.38. The molecule has 0 aliphatic rings. The number of methoxy groups -OCH3 is 3. The fourth-order valence-corrected chi connectivity index (χ4v) is 2.18. The molecule has 0 aliphatic heterocycles. The van der Waals surface area contributed by atoms with Crippen LogP contribution < -0.4 is 14.8 Å². The molecule has 0 saturated carbocycles. The topological polar surface area (TPSA) is 55.3 Å². The second kappa shape index (κ2) is 13.1. The highest BCUT2D eigenvalue weighted by Crippen LogP contribution is 2.25. The predicted molar refractivity (Wildman–Crippen MR) is 109 cm³/mol. The molecule has 138 valence electrons. The van der Waals surface area contributed by atoms with E-state index >= 15 is 0 Å². The Morgan fingerprint density at radius 2 is 1.96 bits per heavy atom. The fraction of sp³-hybridized carbons (Fsp3) is 0.588. The van der Waals surface area contributed by atoms with Crippen molar-refractivity contribution in [2.24, 2.45) is 4.99 Å². The molecule has 0 aliphatic carbocycles. The molecule has 0 unspecified atom stereocenters. The highest BCUT2D eigenvalue weighted by Gasteiger charge is 2.11. The molecule has 0 atom stereocenters. The Hall–Kier alpha value is -1.22. The molecule has 0 heterocycles. The van der Waals surface area contributed by atoms with Gasteiger partial charge in [0.05, 0.1) is 14.2 Å². The van der Waals surface area contributed by atoms with Crippen molar-refractivity contribution in [3.05, 3.63) is 23.8 Å². The SMILES string of the molecule is CCNC(=NCCCOC)N(C)Cc1ccc(OC)cc1OC.I. The Kier molecular flexibility index (Phi) is 12.4. The van der Waals surface area contributed by atoms with Crippen LogP contribution >= 0.6 is 24.0 Å². The number of ether oxygens (including phenoxy) is 3. The maximum atomic E-state index is 5.46. The third kappa shape index (κ3) is 7.57. The summed E-state index contributed by atoms with van der Waals surface area (Å²) in [6.45, 7) is 5.04. The van der Waals surface area contributed by atoms with Gasteiger partial charge in [-0.2, -0.15) is 0 Å². The van der Waals surface area contributed by atoms with Crippen molar-refractivity contribution >= 4 is 29.9 Å². The van der Waals surface area contributed by atoms with Gasteiger partial charge in [0.15, 0.2) is 5.96 Å². The molecule has 24 heavy (non-hydrogen) atoms. The van der Waals surface area contributed by atoms with E-state index in [1.54, 1.807) is 21.3 Å². The predicted octanol–water partition coefficient (Wildman–Crippen LogP) is 2.76. The Labute approximate surface area is 162 Å². The normalized spacial score (nSPS) is 10.8. The molecule has 0 bridgehead atoms. The minimum absolute atomic E-state index is 0. The largest absolute Gasteiger partial charge is 0.497 e. The van der Waals surface area contributed by atoms with E-state index in [1.807, 2.05) is 25.2 Å². The van der Waals surface area contributed by atoms with Gasteiger partial charge in [-0.05, 0) is 25.5 Å². The van der Waals surface area contributed by atoms with Crippen LogP contribution in [0.15, 0.2) is 23.2 Å². The van der Waals surface area contributed by atoms with E-state index in [9.17, 15) is 0 Å². The lowest BCUT2D eigenvalue weighted by Gasteiger charge is -2.23. The van der Waals surface area contributed by atoms with Crippen molar-refractivity contribution in [1.82, 2.24) is 10.2 Å². The molecule has 0 saturated heterocycles. The molecule has 1 aromatic carbocycles. The summed E-state index contributed by atoms with van der Waals surface area (Å²) in [6.07, 6.45) is 0.908. The third-order valence-corrected chi connectivity index (χ3v) is 3.37. The number of rotatable bonds is 9. The summed E-state index contributed by atoms with van der Waals surface area (Å²) >= 11 is 0. The van der Waals surface area contributed by atoms with Crippen molar-refractivity contribution in [2.75, 3.05) is 48.1 Å². The Morgan fingerprint density at radius 3 is 2.54 bits per heavy atom. The maximum Gasteiger partial charge on any atom is 0.193 e. The average molecular weight is 451 g/mol. The Morgan fingerprint density at radius 1 is 1.21 bits per heavy atom. The Bertz CT molecular complexity index is 498. The quantitative estimate of drug-likeness (QED) is 0.271. The van der Waals surface area contributed by atoms with E-state index in [0.717, 1.165) is 49.1 Å². The number of nitrogens with one attached hydrogen (secondary N) is 1. The minimum atomic E-state index is 0. The minimum Gasteiger partial charge on any atom is -0.497 e. The van der Waals surface area contributed by atoms with Crippen LogP contribution in [0.25, 0.3) is 0 Å². The number of hydrogen-bond donors (Lipinski definition) is 1. The summed E-state index contributed by atoms with van der Waals surface area (Å²) in [7, 11) is 7.04. The van der Waals surface area contributed by atoms with Gasteiger partial charge in [0, 0.05) is 52.0 Å². The molecular formula is C17H30IN3O3. The van der Waals surface area contributed by atoms with Gasteiger partial charge in [-0.3, -0.25) is 4.99 Å². The number of aliphatic imine (C=N–C) groups is 1. The smallest absolute Gasteiger partial charge is 0.193 e. The summed E-state index contributed by atoms with van der Waals surface area (Å²) in [5.41, 5.74) is 1.08. The van der Waals surface area contributed by atoms with Crippen molar-refractivity contribution in [3.63, 3.8) is 0 Å². The zero-order valence-electron chi connectivity index (χ0n) is 15.3. The molecule has 0 spiro atoms. The zero-order valence-corrected chi connectivity index (χ0v) is 17.6. The molecule has 0 amide bonds. The molecule has 1 aromatic rings. The van der Waals surface area contributed by atoms with Crippen LogP contribution in [0, 0.1) is 0 Å². The van der Waals surface area contributed by atoms with Gasteiger partial charge in [-0.25, -0.2) is 0 Å². The first-order chi connectivity index (χ1) is 11.2. The van der Waals surface area contributed by atoms with Crippen LogP contribution in [0.4, 0.5) is 0 Å². The Balaban J connectivity index is 0.00000529. The number of halogens is 1. The van der Waals surface area contributed by atoms with E-state index in [1.165, 1.54) is 0 Å². The molecule has 1 N–H and O–H groups in total. The van der Waals surface area contributed by atoms with Crippen LogP contribution in [-0.4, -0.2) is 58.9 Å². The monoisotopic (exact) mass is 451 g/mol. The van der Waals surface area contributed by atoms with Gasteiger partial charge >= 0.3 is 0 Å². The molecule has 6 nitrogen and oxygen atoms in total. The fourth-order valence-electron chi connectivity index (χ4n) is 2.18. The summed E-state index contributed by atoms with van der Waals surface area (Å²) in [4.78, 5) is 6.71. The maximum absolute atomic E-state index is 5.46. The van der Waals surface area contributed by atoms with Crippen LogP contribution in [0.3, 0.4) is 0 Å². The van der Waals surface area contributed by atoms with Gasteiger partial charge < -0.3 is 24.4 Å². The molecule has 0 aromatic heterocycles. The van der Waals surface area contributed by atoms with Gasteiger partial charge in [-0.15, -0.1) is 24.0 Å². The molecule has 7 heteroatoms. The highest BCUT2D eigenvalue weighted by molar-refractivity contribution is 14.0. The van der Waals surface area contributed by atoms with Crippen molar-refractivity contribution < 1.29 is 14.2 Å². The van der Waals surface area contributed by atoms with Gasteiger partial charge in [0.2, 0.25) is 0 Å². The zero-order chi connectivity index (χ0) is 17.1.